The molecule has 4 nitrogen and oxygen atoms in total. The molecule has 2 N–H and O–H groups in total. The van der Waals surface area contributed by atoms with E-state index in [-0.39, 0.29) is 23.8 Å². The van der Waals surface area contributed by atoms with Crippen LogP contribution in [0.25, 0.3) is 0 Å². The summed E-state index contributed by atoms with van der Waals surface area (Å²) in [7, 11) is 1.54. The number of carbonyl (C=O) groups is 1. The third-order valence-electron chi connectivity index (χ3n) is 3.87. The lowest BCUT2D eigenvalue weighted by Gasteiger charge is -2.29. The predicted octanol–water partition coefficient (Wildman–Crippen LogP) is 2.82. The molecule has 1 fully saturated rings. The van der Waals surface area contributed by atoms with Gasteiger partial charge in [-0.15, -0.1) is 13.2 Å². The molecule has 0 radical (unpaired) electrons. The molecule has 0 saturated heterocycles. The van der Waals surface area contributed by atoms with E-state index in [1.807, 2.05) is 0 Å². The summed E-state index contributed by atoms with van der Waals surface area (Å²) >= 11 is 0. The molecule has 122 valence electrons. The van der Waals surface area contributed by atoms with Crippen molar-refractivity contribution >= 4 is 5.91 Å². The van der Waals surface area contributed by atoms with Gasteiger partial charge in [-0.3, -0.25) is 4.79 Å². The van der Waals surface area contributed by atoms with E-state index in [1.165, 1.54) is 23.1 Å². The molecule has 0 aromatic heterocycles. The van der Waals surface area contributed by atoms with E-state index in [4.69, 9.17) is 5.73 Å². The maximum Gasteiger partial charge on any atom is 0.573 e. The lowest BCUT2D eigenvalue weighted by molar-refractivity contribution is -0.275. The Kier molecular flexibility index (Phi) is 4.65. The molecule has 1 saturated carbocycles. The Hall–Kier alpha value is -1.76. The highest BCUT2D eigenvalue weighted by Gasteiger charge is 2.39. The van der Waals surface area contributed by atoms with Gasteiger partial charge in [-0.05, 0) is 18.9 Å². The second-order valence-corrected chi connectivity index (χ2v) is 5.68. The van der Waals surface area contributed by atoms with E-state index in [2.05, 4.69) is 4.74 Å². The first-order valence-corrected chi connectivity index (χ1v) is 7.09. The molecule has 0 spiro atoms. The van der Waals surface area contributed by atoms with Crippen LogP contribution in [0.15, 0.2) is 24.3 Å². The minimum absolute atomic E-state index is 0.0179. The lowest BCUT2D eigenvalue weighted by Crippen LogP contribution is -2.52. The monoisotopic (exact) mass is 316 g/mol. The smallest absolute Gasteiger partial charge is 0.405 e. The molecule has 1 amide bonds. The summed E-state index contributed by atoms with van der Waals surface area (Å²) in [5, 5.41) is 0. The van der Waals surface area contributed by atoms with Gasteiger partial charge in [0.05, 0.1) is 5.54 Å². The van der Waals surface area contributed by atoms with E-state index in [1.54, 1.807) is 13.1 Å². The third kappa shape index (κ3) is 3.91. The van der Waals surface area contributed by atoms with Crippen LogP contribution < -0.4 is 10.5 Å². The Bertz CT molecular complexity index is 540. The first-order chi connectivity index (χ1) is 10.2. The summed E-state index contributed by atoms with van der Waals surface area (Å²) in [5.74, 6) is -0.543. The molecule has 1 aliphatic rings. The highest BCUT2D eigenvalue weighted by atomic mass is 19.4. The second-order valence-electron chi connectivity index (χ2n) is 5.68. The van der Waals surface area contributed by atoms with Crippen molar-refractivity contribution in [2.24, 2.45) is 5.73 Å². The molecule has 0 atom stereocenters. The van der Waals surface area contributed by atoms with Gasteiger partial charge in [0.15, 0.2) is 0 Å². The van der Waals surface area contributed by atoms with E-state index in [9.17, 15) is 18.0 Å². The fraction of sp³-hybridized carbons (Fsp3) is 0.533. The van der Waals surface area contributed by atoms with Crippen LogP contribution in [0.4, 0.5) is 13.2 Å². The van der Waals surface area contributed by atoms with E-state index in [0.717, 1.165) is 12.8 Å². The van der Waals surface area contributed by atoms with Crippen molar-refractivity contribution in [2.45, 2.75) is 44.1 Å². The Morgan fingerprint density at radius 3 is 2.50 bits per heavy atom. The van der Waals surface area contributed by atoms with Gasteiger partial charge in [0.25, 0.3) is 0 Å². The predicted molar refractivity (Wildman–Crippen MR) is 75.0 cm³/mol. The van der Waals surface area contributed by atoms with Gasteiger partial charge in [-0.2, -0.15) is 0 Å². The first kappa shape index (κ1) is 16.6. The largest absolute Gasteiger partial charge is 0.573 e. The maximum atomic E-state index is 12.4. The third-order valence-corrected chi connectivity index (χ3v) is 3.87. The zero-order valence-corrected chi connectivity index (χ0v) is 12.3. The lowest BCUT2D eigenvalue weighted by atomic mass is 9.97. The number of para-hydroxylation sites is 1. The Morgan fingerprint density at radius 2 is 1.91 bits per heavy atom. The summed E-state index contributed by atoms with van der Waals surface area (Å²) < 4.78 is 41.2. The molecule has 0 aliphatic heterocycles. The minimum atomic E-state index is -4.76. The van der Waals surface area contributed by atoms with Gasteiger partial charge in [-0.1, -0.05) is 31.0 Å². The fourth-order valence-corrected chi connectivity index (χ4v) is 2.79. The molecule has 1 aromatic rings. The van der Waals surface area contributed by atoms with Gasteiger partial charge in [0.1, 0.15) is 5.75 Å². The number of carbonyl (C=O) groups excluding carboxylic acids is 1. The summed E-state index contributed by atoms with van der Waals surface area (Å²) in [6.07, 6.45) is -1.76. The summed E-state index contributed by atoms with van der Waals surface area (Å²) in [4.78, 5) is 13.8. The van der Waals surface area contributed by atoms with Crippen molar-refractivity contribution < 1.29 is 22.7 Å². The van der Waals surface area contributed by atoms with Crippen molar-refractivity contribution in [1.29, 1.82) is 0 Å². The number of hydrogen-bond acceptors (Lipinski definition) is 3. The number of nitrogens with zero attached hydrogens (tertiary/aromatic N) is 1. The van der Waals surface area contributed by atoms with Crippen LogP contribution in [-0.4, -0.2) is 29.8 Å². The molecule has 0 heterocycles. The van der Waals surface area contributed by atoms with Crippen LogP contribution in [-0.2, 0) is 11.3 Å². The number of rotatable bonds is 4. The molecule has 0 bridgehead atoms. The number of nitrogens with two attached hydrogens (primary N) is 1. The standard InChI is InChI=1S/C15H19F3N2O2/c1-20(13(21)14(19)8-4-5-9-14)10-11-6-2-3-7-12(11)22-15(16,17)18/h2-3,6-7H,4-5,8-10,19H2,1H3. The van der Waals surface area contributed by atoms with Crippen molar-refractivity contribution in [3.8, 4) is 5.75 Å². The van der Waals surface area contributed by atoms with Crippen LogP contribution >= 0.6 is 0 Å². The van der Waals surface area contributed by atoms with Crippen LogP contribution in [0.2, 0.25) is 0 Å². The zero-order valence-electron chi connectivity index (χ0n) is 12.3. The molecule has 22 heavy (non-hydrogen) atoms. The normalized spacial score (nSPS) is 17.3. The molecular weight excluding hydrogens is 297 g/mol. The van der Waals surface area contributed by atoms with Gasteiger partial charge in [-0.25, -0.2) is 0 Å². The van der Waals surface area contributed by atoms with Gasteiger partial charge in [0.2, 0.25) is 5.91 Å². The minimum Gasteiger partial charge on any atom is -0.405 e. The van der Waals surface area contributed by atoms with Gasteiger partial charge >= 0.3 is 6.36 Å². The number of ether oxygens (including phenoxy) is 1. The summed E-state index contributed by atoms with van der Waals surface area (Å²) in [6, 6.07) is 5.79. The highest BCUT2D eigenvalue weighted by molar-refractivity contribution is 5.86. The number of halogens is 3. The average Bonchev–Trinajstić information content (AvgIpc) is 2.86. The zero-order chi connectivity index (χ0) is 16.4. The average molecular weight is 316 g/mol. The molecule has 2 rings (SSSR count). The van der Waals surface area contributed by atoms with Crippen molar-refractivity contribution in [3.05, 3.63) is 29.8 Å². The van der Waals surface area contributed by atoms with Crippen molar-refractivity contribution in [3.63, 3.8) is 0 Å². The molecule has 7 heteroatoms. The Labute approximate surface area is 127 Å². The quantitative estimate of drug-likeness (QED) is 0.929. The van der Waals surface area contributed by atoms with Gasteiger partial charge < -0.3 is 15.4 Å². The summed E-state index contributed by atoms with van der Waals surface area (Å²) in [5.41, 5.74) is 5.49. The topological polar surface area (TPSA) is 55.6 Å². The van der Waals surface area contributed by atoms with Crippen molar-refractivity contribution in [2.75, 3.05) is 7.05 Å². The Morgan fingerprint density at radius 1 is 1.32 bits per heavy atom. The van der Waals surface area contributed by atoms with Gasteiger partial charge in [0, 0.05) is 19.2 Å². The maximum absolute atomic E-state index is 12.4. The van der Waals surface area contributed by atoms with Crippen molar-refractivity contribution in [1.82, 2.24) is 4.90 Å². The molecular formula is C15H19F3N2O2. The van der Waals surface area contributed by atoms with Crippen LogP contribution in [0.1, 0.15) is 31.2 Å². The van der Waals surface area contributed by atoms with Crippen LogP contribution in [0.3, 0.4) is 0 Å². The number of benzene rings is 1. The summed E-state index contributed by atoms with van der Waals surface area (Å²) in [6.45, 7) is 0.0179. The first-order valence-electron chi connectivity index (χ1n) is 7.09. The molecule has 0 unspecified atom stereocenters. The van der Waals surface area contributed by atoms with Crippen LogP contribution in [0, 0.1) is 0 Å². The number of alkyl halides is 3. The van der Waals surface area contributed by atoms with E-state index >= 15 is 0 Å². The van der Waals surface area contributed by atoms with Crippen LogP contribution in [0.5, 0.6) is 5.75 Å². The highest BCUT2D eigenvalue weighted by Crippen LogP contribution is 2.31. The Balaban J connectivity index is 2.11. The molecule has 1 aromatic carbocycles. The van der Waals surface area contributed by atoms with E-state index in [0.29, 0.717) is 12.8 Å². The number of likely N-dealkylation sites (N-methyl/N-ethyl adjacent to an activating group) is 1. The number of hydrogen-bond donors (Lipinski definition) is 1. The SMILES string of the molecule is CN(Cc1ccccc1OC(F)(F)F)C(=O)C1(N)CCCC1. The second kappa shape index (κ2) is 6.16. The van der Waals surface area contributed by atoms with E-state index < -0.39 is 11.9 Å². The number of amides is 1. The molecule has 1 aliphatic carbocycles. The fourth-order valence-electron chi connectivity index (χ4n) is 2.79.